The van der Waals surface area contributed by atoms with E-state index in [9.17, 15) is 4.39 Å². The minimum absolute atomic E-state index is 0.0977. The second-order valence-corrected chi connectivity index (χ2v) is 4.93. The Balaban J connectivity index is 1.59. The number of hydrogen-bond acceptors (Lipinski definition) is 3. The number of fused-ring (bicyclic) bond motifs is 1. The van der Waals surface area contributed by atoms with Crippen molar-refractivity contribution in [1.82, 2.24) is 5.32 Å². The summed E-state index contributed by atoms with van der Waals surface area (Å²) in [4.78, 5) is 0. The number of alkyl halides is 1. The van der Waals surface area contributed by atoms with Crippen LogP contribution in [-0.4, -0.2) is 38.3 Å². The molecule has 0 spiro atoms. The zero-order valence-electron chi connectivity index (χ0n) is 10.8. The summed E-state index contributed by atoms with van der Waals surface area (Å²) in [6.45, 7) is 2.98. The summed E-state index contributed by atoms with van der Waals surface area (Å²) in [7, 11) is 0. The monoisotopic (exact) mass is 287 g/mol. The predicted octanol–water partition coefficient (Wildman–Crippen LogP) is 2.36. The van der Waals surface area contributed by atoms with E-state index in [-0.39, 0.29) is 11.9 Å². The van der Waals surface area contributed by atoms with E-state index in [1.165, 1.54) is 6.07 Å². The molecule has 1 heterocycles. The molecule has 0 fully saturated rings. The maximum atomic E-state index is 13.0. The third-order valence-corrected chi connectivity index (χ3v) is 3.15. The van der Waals surface area contributed by atoms with Crippen LogP contribution in [0.2, 0.25) is 0 Å². The topological polar surface area (TPSA) is 30.5 Å². The van der Waals surface area contributed by atoms with Gasteiger partial charge in [-0.15, -0.1) is 11.6 Å². The molecule has 1 atom stereocenters. The lowest BCUT2D eigenvalue weighted by atomic mass is 10.1. The molecule has 0 radical (unpaired) electrons. The average molecular weight is 288 g/mol. The van der Waals surface area contributed by atoms with Gasteiger partial charge in [0.25, 0.3) is 0 Å². The van der Waals surface area contributed by atoms with Gasteiger partial charge >= 0.3 is 0 Å². The Morgan fingerprint density at radius 2 is 2.32 bits per heavy atom. The first-order valence-electron chi connectivity index (χ1n) is 6.59. The quantitative estimate of drug-likeness (QED) is 0.588. The van der Waals surface area contributed by atoms with Crippen LogP contribution in [0.15, 0.2) is 18.2 Å². The van der Waals surface area contributed by atoms with E-state index < -0.39 is 0 Å². The van der Waals surface area contributed by atoms with Crippen molar-refractivity contribution in [1.29, 1.82) is 0 Å². The summed E-state index contributed by atoms with van der Waals surface area (Å²) >= 11 is 5.50. The second kappa shape index (κ2) is 7.68. The van der Waals surface area contributed by atoms with Gasteiger partial charge in [-0.1, -0.05) is 0 Å². The minimum Gasteiger partial charge on any atom is -0.488 e. The van der Waals surface area contributed by atoms with E-state index in [1.807, 2.05) is 0 Å². The highest BCUT2D eigenvalue weighted by Gasteiger charge is 2.22. The van der Waals surface area contributed by atoms with E-state index >= 15 is 0 Å². The molecule has 1 aliphatic rings. The van der Waals surface area contributed by atoms with Gasteiger partial charge in [-0.2, -0.15) is 0 Å². The van der Waals surface area contributed by atoms with Crippen LogP contribution in [0.5, 0.6) is 5.75 Å². The average Bonchev–Trinajstić information content (AvgIpc) is 2.79. The summed E-state index contributed by atoms with van der Waals surface area (Å²) < 4.78 is 24.1. The Kier molecular flexibility index (Phi) is 5.89. The molecule has 0 saturated carbocycles. The Bertz CT molecular complexity index is 403. The molecule has 0 aliphatic carbocycles. The molecule has 1 aromatic rings. The van der Waals surface area contributed by atoms with Crippen molar-refractivity contribution in [2.75, 3.05) is 32.2 Å². The first-order valence-corrected chi connectivity index (χ1v) is 7.12. The van der Waals surface area contributed by atoms with Crippen molar-refractivity contribution < 1.29 is 13.9 Å². The van der Waals surface area contributed by atoms with Crippen LogP contribution < -0.4 is 10.1 Å². The van der Waals surface area contributed by atoms with E-state index in [1.54, 1.807) is 12.1 Å². The standard InChI is InChI=1S/C14H19ClFNO2/c15-4-7-18-6-1-5-17-10-13-9-11-8-12(16)2-3-14(11)19-13/h2-3,8,13,17H,1,4-7,9-10H2. The molecule has 1 aliphatic heterocycles. The molecule has 2 rings (SSSR count). The van der Waals surface area contributed by atoms with E-state index in [4.69, 9.17) is 21.1 Å². The Morgan fingerprint density at radius 3 is 3.16 bits per heavy atom. The van der Waals surface area contributed by atoms with Crippen molar-refractivity contribution >= 4 is 11.6 Å². The van der Waals surface area contributed by atoms with Gasteiger partial charge < -0.3 is 14.8 Å². The molecule has 1 aromatic carbocycles. The van der Waals surface area contributed by atoms with Crippen LogP contribution in [0.25, 0.3) is 0 Å². The fourth-order valence-electron chi connectivity index (χ4n) is 2.12. The van der Waals surface area contributed by atoms with Crippen LogP contribution >= 0.6 is 11.6 Å². The molecule has 3 nitrogen and oxygen atoms in total. The number of nitrogens with one attached hydrogen (secondary N) is 1. The maximum absolute atomic E-state index is 13.0. The first-order chi connectivity index (χ1) is 9.29. The predicted molar refractivity (Wildman–Crippen MR) is 73.5 cm³/mol. The normalized spacial score (nSPS) is 17.3. The first kappa shape index (κ1) is 14.6. The fraction of sp³-hybridized carbons (Fsp3) is 0.571. The molecule has 0 saturated heterocycles. The number of ether oxygens (including phenoxy) is 2. The zero-order chi connectivity index (χ0) is 13.5. The molecule has 5 heteroatoms. The van der Waals surface area contributed by atoms with Gasteiger partial charge in [0.2, 0.25) is 0 Å². The summed E-state index contributed by atoms with van der Waals surface area (Å²) in [5.74, 6) is 1.14. The molecule has 0 aromatic heterocycles. The molecular weight excluding hydrogens is 269 g/mol. The zero-order valence-corrected chi connectivity index (χ0v) is 11.6. The van der Waals surface area contributed by atoms with Gasteiger partial charge in [0, 0.05) is 31.0 Å². The Hall–Kier alpha value is -0.840. The molecular formula is C14H19ClFNO2. The van der Waals surface area contributed by atoms with Crippen LogP contribution in [0.3, 0.4) is 0 Å². The number of hydrogen-bond donors (Lipinski definition) is 1. The molecule has 0 bridgehead atoms. The smallest absolute Gasteiger partial charge is 0.123 e. The van der Waals surface area contributed by atoms with Gasteiger partial charge in [-0.25, -0.2) is 4.39 Å². The van der Waals surface area contributed by atoms with Gasteiger partial charge in [0.1, 0.15) is 17.7 Å². The van der Waals surface area contributed by atoms with Gasteiger partial charge in [0.05, 0.1) is 6.61 Å². The third-order valence-electron chi connectivity index (χ3n) is 3.00. The largest absolute Gasteiger partial charge is 0.488 e. The van der Waals surface area contributed by atoms with Crippen LogP contribution in [-0.2, 0) is 11.2 Å². The highest BCUT2D eigenvalue weighted by Crippen LogP contribution is 2.28. The highest BCUT2D eigenvalue weighted by atomic mass is 35.5. The Morgan fingerprint density at radius 1 is 1.42 bits per heavy atom. The van der Waals surface area contributed by atoms with Crippen molar-refractivity contribution in [3.8, 4) is 5.75 Å². The molecule has 1 N–H and O–H groups in total. The minimum atomic E-state index is -0.201. The molecule has 1 unspecified atom stereocenters. The third kappa shape index (κ3) is 4.64. The summed E-state index contributed by atoms with van der Waals surface area (Å²) in [6.07, 6.45) is 1.81. The number of benzene rings is 1. The molecule has 0 amide bonds. The Labute approximate surface area is 118 Å². The summed E-state index contributed by atoms with van der Waals surface area (Å²) in [6, 6.07) is 4.68. The van der Waals surface area contributed by atoms with E-state index in [2.05, 4.69) is 5.32 Å². The van der Waals surface area contributed by atoms with Crippen molar-refractivity contribution in [2.24, 2.45) is 0 Å². The number of halogens is 2. The lowest BCUT2D eigenvalue weighted by Gasteiger charge is -2.11. The number of rotatable bonds is 8. The van der Waals surface area contributed by atoms with Gasteiger partial charge in [-0.3, -0.25) is 0 Å². The lowest BCUT2D eigenvalue weighted by molar-refractivity contribution is 0.145. The SMILES string of the molecule is Fc1ccc2c(c1)CC(CNCCCOCCCl)O2. The van der Waals surface area contributed by atoms with Crippen LogP contribution in [0.4, 0.5) is 4.39 Å². The van der Waals surface area contributed by atoms with Gasteiger partial charge in [0.15, 0.2) is 0 Å². The maximum Gasteiger partial charge on any atom is 0.123 e. The fourth-order valence-corrected chi connectivity index (χ4v) is 2.23. The molecule has 19 heavy (non-hydrogen) atoms. The van der Waals surface area contributed by atoms with Gasteiger partial charge in [-0.05, 0) is 31.2 Å². The van der Waals surface area contributed by atoms with Crippen molar-refractivity contribution in [3.63, 3.8) is 0 Å². The van der Waals surface area contributed by atoms with Crippen molar-refractivity contribution in [2.45, 2.75) is 18.9 Å². The van der Waals surface area contributed by atoms with E-state index in [0.717, 1.165) is 43.9 Å². The van der Waals surface area contributed by atoms with Crippen LogP contribution in [0, 0.1) is 5.82 Å². The van der Waals surface area contributed by atoms with Crippen molar-refractivity contribution in [3.05, 3.63) is 29.6 Å². The van der Waals surface area contributed by atoms with Crippen LogP contribution in [0.1, 0.15) is 12.0 Å². The summed E-state index contributed by atoms with van der Waals surface area (Å²) in [5, 5.41) is 3.32. The lowest BCUT2D eigenvalue weighted by Crippen LogP contribution is -2.31. The summed E-state index contributed by atoms with van der Waals surface area (Å²) in [5.41, 5.74) is 0.956. The van der Waals surface area contributed by atoms with E-state index in [0.29, 0.717) is 12.5 Å². The second-order valence-electron chi connectivity index (χ2n) is 4.56. The highest BCUT2D eigenvalue weighted by molar-refractivity contribution is 6.17. The molecule has 106 valence electrons.